The van der Waals surface area contributed by atoms with Gasteiger partial charge in [-0.25, -0.2) is 4.98 Å². The molecule has 2 aromatic heterocycles. The van der Waals surface area contributed by atoms with E-state index in [0.29, 0.717) is 12.1 Å². The topological polar surface area (TPSA) is 66.4 Å². The van der Waals surface area contributed by atoms with Gasteiger partial charge >= 0.3 is 0 Å². The van der Waals surface area contributed by atoms with Gasteiger partial charge in [0.25, 0.3) is 0 Å². The fraction of sp³-hybridized carbons (Fsp3) is 0.519. The number of ether oxygens (including phenoxy) is 1. The summed E-state index contributed by atoms with van der Waals surface area (Å²) in [6.07, 6.45) is 12.3. The zero-order valence-electron chi connectivity index (χ0n) is 19.8. The Kier molecular flexibility index (Phi) is 6.29. The molecule has 34 heavy (non-hydrogen) atoms. The van der Waals surface area contributed by atoms with Gasteiger partial charge in [-0.1, -0.05) is 18.2 Å². The van der Waals surface area contributed by atoms with Gasteiger partial charge in [0, 0.05) is 62.2 Å². The van der Waals surface area contributed by atoms with Crippen LogP contribution in [0.2, 0.25) is 0 Å². The molecule has 3 aliphatic rings. The zero-order valence-corrected chi connectivity index (χ0v) is 19.8. The summed E-state index contributed by atoms with van der Waals surface area (Å²) in [6, 6.07) is 12.2. The minimum absolute atomic E-state index is 0.716. The quantitative estimate of drug-likeness (QED) is 0.578. The summed E-state index contributed by atoms with van der Waals surface area (Å²) in [5.41, 5.74) is 1.46. The maximum absolute atomic E-state index is 5.45. The number of piperidine rings is 1. The van der Waals surface area contributed by atoms with Crippen molar-refractivity contribution in [3.63, 3.8) is 0 Å². The molecule has 1 N–H and O–H groups in total. The lowest BCUT2D eigenvalue weighted by atomic mass is 9.85. The summed E-state index contributed by atoms with van der Waals surface area (Å²) < 4.78 is 5.45. The lowest BCUT2D eigenvalue weighted by Gasteiger charge is -2.39. The van der Waals surface area contributed by atoms with Crippen LogP contribution in [0.3, 0.4) is 0 Å². The number of fused-ring (bicyclic) bond motifs is 3. The third-order valence-corrected chi connectivity index (χ3v) is 7.88. The molecule has 3 fully saturated rings. The number of morpholine rings is 1. The molecule has 0 radical (unpaired) electrons. The molecule has 7 nitrogen and oxygen atoms in total. The lowest BCUT2D eigenvalue weighted by molar-refractivity contribution is 0.108. The van der Waals surface area contributed by atoms with Crippen molar-refractivity contribution in [3.05, 3.63) is 54.5 Å². The molecule has 5 heterocycles. The van der Waals surface area contributed by atoms with Crippen LogP contribution in [0.1, 0.15) is 31.2 Å². The average molecular weight is 459 g/mol. The number of aromatic nitrogens is 3. The molecule has 178 valence electrons. The largest absolute Gasteiger partial charge is 0.378 e. The molecule has 2 unspecified atom stereocenters. The number of anilines is 2. The molecule has 1 aromatic carbocycles. The molecule has 0 spiro atoms. The van der Waals surface area contributed by atoms with Crippen molar-refractivity contribution in [2.45, 2.75) is 44.2 Å². The van der Waals surface area contributed by atoms with E-state index in [2.05, 4.69) is 49.4 Å². The Bertz CT molecular complexity index is 1100. The summed E-state index contributed by atoms with van der Waals surface area (Å²) in [5, 5.41) is 6.18. The molecule has 3 aromatic rings. The van der Waals surface area contributed by atoms with Gasteiger partial charge in [-0.15, -0.1) is 0 Å². The standard InChI is InChI=1S/C27H34N6O/c1-2-21-6-8-28-19-25(21)22(3-1)16-20-17-23-4-5-24(18-20)33(23)11-10-29-26-7-9-30-27(31-26)32-12-14-34-15-13-32/h1-3,6-9,19-20,23-24H,4-5,10-18H2,(H,29,30,31). The van der Waals surface area contributed by atoms with Crippen LogP contribution in [0.15, 0.2) is 48.9 Å². The van der Waals surface area contributed by atoms with Crippen LogP contribution >= 0.6 is 0 Å². The first-order chi connectivity index (χ1) is 16.8. The lowest BCUT2D eigenvalue weighted by Crippen LogP contribution is -2.45. The Balaban J connectivity index is 1.04. The van der Waals surface area contributed by atoms with Gasteiger partial charge in [0.2, 0.25) is 5.95 Å². The van der Waals surface area contributed by atoms with Crippen LogP contribution in [-0.2, 0) is 11.2 Å². The van der Waals surface area contributed by atoms with Crippen LogP contribution in [0.5, 0.6) is 0 Å². The minimum atomic E-state index is 0.716. The van der Waals surface area contributed by atoms with Gasteiger partial charge < -0.3 is 15.0 Å². The summed E-state index contributed by atoms with van der Waals surface area (Å²) in [7, 11) is 0. The summed E-state index contributed by atoms with van der Waals surface area (Å²) >= 11 is 0. The van der Waals surface area contributed by atoms with Crippen molar-refractivity contribution in [2.75, 3.05) is 49.6 Å². The summed E-state index contributed by atoms with van der Waals surface area (Å²) in [6.45, 7) is 5.21. The van der Waals surface area contributed by atoms with E-state index in [0.717, 1.165) is 57.1 Å². The highest BCUT2D eigenvalue weighted by atomic mass is 16.5. The Morgan fingerprint density at radius 2 is 1.85 bits per heavy atom. The van der Waals surface area contributed by atoms with Gasteiger partial charge in [0.15, 0.2) is 0 Å². The number of pyridine rings is 1. The Morgan fingerprint density at radius 3 is 2.71 bits per heavy atom. The number of nitrogens with one attached hydrogen (secondary N) is 1. The maximum atomic E-state index is 5.45. The highest BCUT2D eigenvalue weighted by Crippen LogP contribution is 2.40. The van der Waals surface area contributed by atoms with E-state index < -0.39 is 0 Å². The molecular formula is C27H34N6O. The van der Waals surface area contributed by atoms with E-state index in [-0.39, 0.29) is 0 Å². The van der Waals surface area contributed by atoms with E-state index in [9.17, 15) is 0 Å². The zero-order chi connectivity index (χ0) is 22.7. The molecule has 3 saturated heterocycles. The monoisotopic (exact) mass is 458 g/mol. The smallest absolute Gasteiger partial charge is 0.227 e. The minimum Gasteiger partial charge on any atom is -0.378 e. The van der Waals surface area contributed by atoms with Crippen LogP contribution in [-0.4, -0.2) is 71.3 Å². The SMILES string of the molecule is c1cc(CC2CC3CCC(C2)N3CCNc2ccnc(N3CCOCC3)n2)c2cnccc2c1. The van der Waals surface area contributed by atoms with E-state index in [4.69, 9.17) is 9.72 Å². The second-order valence-electron chi connectivity index (χ2n) is 9.95. The van der Waals surface area contributed by atoms with Crippen LogP contribution < -0.4 is 10.2 Å². The van der Waals surface area contributed by atoms with Crippen molar-refractivity contribution < 1.29 is 4.74 Å². The van der Waals surface area contributed by atoms with Crippen molar-refractivity contribution in [2.24, 2.45) is 5.92 Å². The van der Waals surface area contributed by atoms with Gasteiger partial charge in [0.1, 0.15) is 5.82 Å². The van der Waals surface area contributed by atoms with Crippen molar-refractivity contribution in [1.29, 1.82) is 0 Å². The molecule has 6 rings (SSSR count). The summed E-state index contributed by atoms with van der Waals surface area (Å²) in [5.74, 6) is 2.49. The first-order valence-corrected chi connectivity index (χ1v) is 12.8. The maximum Gasteiger partial charge on any atom is 0.227 e. The molecule has 3 aliphatic heterocycles. The third kappa shape index (κ3) is 4.59. The van der Waals surface area contributed by atoms with Crippen molar-refractivity contribution in [3.8, 4) is 0 Å². The molecule has 0 saturated carbocycles. The van der Waals surface area contributed by atoms with Crippen molar-refractivity contribution >= 4 is 22.5 Å². The molecule has 2 bridgehead atoms. The molecule has 7 heteroatoms. The van der Waals surface area contributed by atoms with Gasteiger partial charge in [-0.2, -0.15) is 4.98 Å². The normalized spacial score (nSPS) is 25.1. The second kappa shape index (κ2) is 9.84. The first kappa shape index (κ1) is 21.7. The number of benzene rings is 1. The van der Waals surface area contributed by atoms with E-state index >= 15 is 0 Å². The first-order valence-electron chi connectivity index (χ1n) is 12.8. The fourth-order valence-corrected chi connectivity index (χ4v) is 6.26. The number of hydrogen-bond donors (Lipinski definition) is 1. The van der Waals surface area contributed by atoms with Crippen LogP contribution in [0, 0.1) is 5.92 Å². The molecule has 0 aliphatic carbocycles. The highest BCUT2D eigenvalue weighted by molar-refractivity contribution is 5.84. The molecule has 2 atom stereocenters. The number of rotatable bonds is 7. The predicted octanol–water partition coefficient (Wildman–Crippen LogP) is 3.76. The number of nitrogens with zero attached hydrogens (tertiary/aromatic N) is 5. The van der Waals surface area contributed by atoms with E-state index in [1.807, 2.05) is 24.7 Å². The average Bonchev–Trinajstić information content (AvgIpc) is 3.12. The van der Waals surface area contributed by atoms with Crippen LogP contribution in [0.4, 0.5) is 11.8 Å². The van der Waals surface area contributed by atoms with E-state index in [1.165, 1.54) is 48.4 Å². The predicted molar refractivity (Wildman–Crippen MR) is 135 cm³/mol. The highest BCUT2D eigenvalue weighted by Gasteiger charge is 2.40. The van der Waals surface area contributed by atoms with Gasteiger partial charge in [-0.3, -0.25) is 9.88 Å². The number of hydrogen-bond acceptors (Lipinski definition) is 7. The Hall–Kier alpha value is -2.77. The van der Waals surface area contributed by atoms with E-state index in [1.54, 1.807) is 0 Å². The Morgan fingerprint density at radius 1 is 1.00 bits per heavy atom. The fourth-order valence-electron chi connectivity index (χ4n) is 6.26. The molecule has 0 amide bonds. The second-order valence-corrected chi connectivity index (χ2v) is 9.95. The van der Waals surface area contributed by atoms with Crippen LogP contribution in [0.25, 0.3) is 10.8 Å². The third-order valence-electron chi connectivity index (χ3n) is 7.88. The van der Waals surface area contributed by atoms with Gasteiger partial charge in [0.05, 0.1) is 13.2 Å². The molecular weight excluding hydrogens is 424 g/mol. The Labute approximate surface area is 201 Å². The summed E-state index contributed by atoms with van der Waals surface area (Å²) in [4.78, 5) is 18.5. The van der Waals surface area contributed by atoms with Crippen molar-refractivity contribution in [1.82, 2.24) is 19.9 Å². The van der Waals surface area contributed by atoms with Gasteiger partial charge in [-0.05, 0) is 61.1 Å².